The van der Waals surface area contributed by atoms with E-state index >= 15 is 0 Å². The maximum absolute atomic E-state index is 12.6. The number of piperidine rings is 1. The number of halogens is 4. The molecule has 3 heterocycles. The number of anilines is 1. The van der Waals surface area contributed by atoms with Gasteiger partial charge in [-0.1, -0.05) is 11.6 Å². The van der Waals surface area contributed by atoms with Crippen molar-refractivity contribution in [3.63, 3.8) is 0 Å². The van der Waals surface area contributed by atoms with Gasteiger partial charge in [0.05, 0.1) is 18.0 Å². The van der Waals surface area contributed by atoms with Crippen molar-refractivity contribution in [3.05, 3.63) is 53.1 Å². The molecule has 1 fully saturated rings. The first kappa shape index (κ1) is 17.9. The van der Waals surface area contributed by atoms with Crippen molar-refractivity contribution in [1.29, 1.82) is 0 Å². The highest BCUT2D eigenvalue weighted by Gasteiger charge is 2.33. The zero-order chi connectivity index (χ0) is 18.0. The minimum absolute atomic E-state index is 0.0281. The molecule has 4 nitrogen and oxygen atoms in total. The average molecular weight is 372 g/mol. The lowest BCUT2D eigenvalue weighted by molar-refractivity contribution is -0.141. The molecule has 0 radical (unpaired) electrons. The molecule has 0 amide bonds. The van der Waals surface area contributed by atoms with Crippen LogP contribution in [0, 0.1) is 5.92 Å². The number of pyridine rings is 2. The fourth-order valence-corrected chi connectivity index (χ4v) is 3.29. The number of aliphatic hydroxyl groups excluding tert-OH is 1. The smallest absolute Gasteiger partial charge is 0.388 e. The van der Waals surface area contributed by atoms with Gasteiger partial charge in [-0.05, 0) is 37.0 Å². The van der Waals surface area contributed by atoms with Gasteiger partial charge in [-0.25, -0.2) is 4.98 Å². The third-order valence-electron chi connectivity index (χ3n) is 4.50. The second kappa shape index (κ2) is 7.17. The second-order valence-electron chi connectivity index (χ2n) is 6.07. The molecule has 1 saturated heterocycles. The molecule has 2 aromatic rings. The Bertz CT molecular complexity index is 716. The van der Waals surface area contributed by atoms with E-state index in [1.807, 2.05) is 4.90 Å². The predicted molar refractivity (Wildman–Crippen MR) is 88.4 cm³/mol. The Morgan fingerprint density at radius 3 is 2.44 bits per heavy atom. The highest BCUT2D eigenvalue weighted by atomic mass is 35.5. The first-order valence-electron chi connectivity index (χ1n) is 7.92. The molecule has 0 bridgehead atoms. The molecule has 134 valence electrons. The maximum atomic E-state index is 12.6. The van der Waals surface area contributed by atoms with E-state index in [4.69, 9.17) is 11.6 Å². The number of hydrogen-bond acceptors (Lipinski definition) is 4. The van der Waals surface area contributed by atoms with Crippen LogP contribution in [-0.2, 0) is 6.18 Å². The minimum Gasteiger partial charge on any atom is -0.388 e. The van der Waals surface area contributed by atoms with Crippen LogP contribution in [0.15, 0.2) is 36.8 Å². The fourth-order valence-electron chi connectivity index (χ4n) is 3.08. The molecule has 1 unspecified atom stereocenters. The van der Waals surface area contributed by atoms with Gasteiger partial charge in [-0.3, -0.25) is 4.98 Å². The van der Waals surface area contributed by atoms with Gasteiger partial charge in [-0.2, -0.15) is 13.2 Å². The summed E-state index contributed by atoms with van der Waals surface area (Å²) in [6.07, 6.45) is 0.656. The van der Waals surface area contributed by atoms with Crippen molar-refractivity contribution < 1.29 is 18.3 Å². The third-order valence-corrected chi connectivity index (χ3v) is 4.85. The zero-order valence-corrected chi connectivity index (χ0v) is 14.0. The predicted octanol–water partition coefficient (Wildman–Crippen LogP) is 4.10. The van der Waals surface area contributed by atoms with E-state index in [2.05, 4.69) is 9.97 Å². The Hall–Kier alpha value is -1.86. The van der Waals surface area contributed by atoms with E-state index in [1.54, 1.807) is 18.5 Å². The molecule has 0 aliphatic carbocycles. The first-order valence-corrected chi connectivity index (χ1v) is 8.29. The normalized spacial score (nSPS) is 17.6. The van der Waals surface area contributed by atoms with Gasteiger partial charge in [-0.15, -0.1) is 0 Å². The van der Waals surface area contributed by atoms with Crippen molar-refractivity contribution in [3.8, 4) is 0 Å². The van der Waals surface area contributed by atoms with Crippen LogP contribution < -0.4 is 4.90 Å². The average Bonchev–Trinajstić information content (AvgIpc) is 2.61. The summed E-state index contributed by atoms with van der Waals surface area (Å²) >= 11 is 6.10. The summed E-state index contributed by atoms with van der Waals surface area (Å²) in [5, 5.41) is 11.0. The van der Waals surface area contributed by atoms with Crippen LogP contribution in [0.5, 0.6) is 0 Å². The Morgan fingerprint density at radius 2 is 1.88 bits per heavy atom. The van der Waals surface area contributed by atoms with Crippen LogP contribution in [-0.4, -0.2) is 28.2 Å². The molecular weight excluding hydrogens is 355 g/mol. The summed E-state index contributed by atoms with van der Waals surface area (Å²) in [6, 6.07) is 4.07. The molecular formula is C17H17ClF3N3O. The Kier molecular flexibility index (Phi) is 5.15. The lowest BCUT2D eigenvalue weighted by Crippen LogP contribution is -2.35. The van der Waals surface area contributed by atoms with E-state index in [1.165, 1.54) is 12.3 Å². The molecule has 1 N–H and O–H groups in total. The van der Waals surface area contributed by atoms with E-state index in [-0.39, 0.29) is 5.92 Å². The number of rotatable bonds is 3. The molecule has 0 aromatic carbocycles. The van der Waals surface area contributed by atoms with Gasteiger partial charge >= 0.3 is 6.18 Å². The van der Waals surface area contributed by atoms with Crippen LogP contribution in [0.1, 0.15) is 30.2 Å². The summed E-state index contributed by atoms with van der Waals surface area (Å²) in [5.74, 6) is 0.0281. The van der Waals surface area contributed by atoms with Gasteiger partial charge < -0.3 is 10.0 Å². The molecule has 1 aliphatic heterocycles. The number of alkyl halides is 3. The van der Waals surface area contributed by atoms with Gasteiger partial charge in [0.15, 0.2) is 0 Å². The molecule has 0 spiro atoms. The molecule has 0 saturated carbocycles. The van der Waals surface area contributed by atoms with Crippen molar-refractivity contribution in [2.45, 2.75) is 25.1 Å². The lowest BCUT2D eigenvalue weighted by atomic mass is 9.88. The standard InChI is InChI=1S/C17H17ClF3N3O/c18-14-3-6-22-10-13(14)16(25)11-4-7-24(8-5-11)12-1-2-15(23-9-12)17(19,20)21/h1-3,6,9-11,16,25H,4-5,7-8H2. The summed E-state index contributed by atoms with van der Waals surface area (Å²) in [5.41, 5.74) is 0.368. The van der Waals surface area contributed by atoms with Crippen LogP contribution in [0.4, 0.5) is 18.9 Å². The van der Waals surface area contributed by atoms with Gasteiger partial charge in [0, 0.05) is 36.1 Å². The Morgan fingerprint density at radius 1 is 1.16 bits per heavy atom. The number of aromatic nitrogens is 2. The summed E-state index contributed by atoms with van der Waals surface area (Å²) in [6.45, 7) is 1.26. The van der Waals surface area contributed by atoms with Crippen LogP contribution in [0.3, 0.4) is 0 Å². The van der Waals surface area contributed by atoms with E-state index in [9.17, 15) is 18.3 Å². The molecule has 25 heavy (non-hydrogen) atoms. The van der Waals surface area contributed by atoms with E-state index in [0.717, 1.165) is 6.07 Å². The summed E-state index contributed by atoms with van der Waals surface area (Å²) in [4.78, 5) is 9.47. The van der Waals surface area contributed by atoms with E-state index < -0.39 is 18.0 Å². The summed E-state index contributed by atoms with van der Waals surface area (Å²) < 4.78 is 37.7. The van der Waals surface area contributed by atoms with E-state index in [0.29, 0.717) is 42.2 Å². The quantitative estimate of drug-likeness (QED) is 0.882. The van der Waals surface area contributed by atoms with Crippen LogP contribution >= 0.6 is 11.6 Å². The number of aliphatic hydroxyl groups is 1. The van der Waals surface area contributed by atoms with Crippen molar-refractivity contribution in [2.75, 3.05) is 18.0 Å². The molecule has 1 atom stereocenters. The monoisotopic (exact) mass is 371 g/mol. The van der Waals surface area contributed by atoms with Crippen molar-refractivity contribution in [2.24, 2.45) is 5.92 Å². The van der Waals surface area contributed by atoms with Gasteiger partial charge in [0.2, 0.25) is 0 Å². The molecule has 2 aromatic heterocycles. The summed E-state index contributed by atoms with van der Waals surface area (Å²) in [7, 11) is 0. The third kappa shape index (κ3) is 4.04. The highest BCUT2D eigenvalue weighted by molar-refractivity contribution is 6.31. The van der Waals surface area contributed by atoms with Crippen LogP contribution in [0.25, 0.3) is 0 Å². The largest absolute Gasteiger partial charge is 0.433 e. The maximum Gasteiger partial charge on any atom is 0.433 e. The Labute approximate surface area is 148 Å². The van der Waals surface area contributed by atoms with Gasteiger partial charge in [0.1, 0.15) is 5.69 Å². The van der Waals surface area contributed by atoms with Gasteiger partial charge in [0.25, 0.3) is 0 Å². The fraction of sp³-hybridized carbons (Fsp3) is 0.412. The molecule has 3 rings (SSSR count). The lowest BCUT2D eigenvalue weighted by Gasteiger charge is -2.35. The SMILES string of the molecule is OC(c1cnccc1Cl)C1CCN(c2ccc(C(F)(F)F)nc2)CC1. The van der Waals surface area contributed by atoms with Crippen LogP contribution in [0.2, 0.25) is 5.02 Å². The van der Waals surface area contributed by atoms with Crippen molar-refractivity contribution in [1.82, 2.24) is 9.97 Å². The number of nitrogens with zero attached hydrogens (tertiary/aromatic N) is 3. The Balaban J connectivity index is 1.63. The highest BCUT2D eigenvalue weighted by Crippen LogP contribution is 2.35. The molecule has 1 aliphatic rings. The zero-order valence-electron chi connectivity index (χ0n) is 13.2. The molecule has 8 heteroatoms. The second-order valence-corrected chi connectivity index (χ2v) is 6.47. The topological polar surface area (TPSA) is 49.3 Å². The first-order chi connectivity index (χ1) is 11.9. The van der Waals surface area contributed by atoms with Crippen molar-refractivity contribution >= 4 is 17.3 Å². The minimum atomic E-state index is -4.43. The number of hydrogen-bond donors (Lipinski definition) is 1.